The van der Waals surface area contributed by atoms with Gasteiger partial charge in [-0.05, 0) is 0 Å². The van der Waals surface area contributed by atoms with E-state index in [0.717, 1.165) is 15.5 Å². The van der Waals surface area contributed by atoms with Gasteiger partial charge in [0.15, 0.2) is 0 Å². The molecule has 0 aromatic heterocycles. The fraction of sp³-hybridized carbons (Fsp3) is 0.0500. The Bertz CT molecular complexity index is 822. The Morgan fingerprint density at radius 1 is 0.875 bits per heavy atom. The third-order valence-electron chi connectivity index (χ3n) is 3.47. The number of rotatable bonds is 5. The first-order chi connectivity index (χ1) is 11.7. The molecule has 4 heteroatoms. The molecule has 24 heavy (non-hydrogen) atoms. The molecule has 0 bridgehead atoms. The molecule has 0 aliphatic rings. The first-order valence-electron chi connectivity index (χ1n) is 7.55. The summed E-state index contributed by atoms with van der Waals surface area (Å²) in [6, 6.07) is 25.2. The zero-order valence-corrected chi connectivity index (χ0v) is 15.4. The zero-order valence-electron chi connectivity index (χ0n) is 12.9. The van der Waals surface area contributed by atoms with Crippen LogP contribution in [-0.2, 0) is 5.32 Å². The zero-order chi connectivity index (χ0) is 16.8. The van der Waals surface area contributed by atoms with Crippen molar-refractivity contribution in [3.05, 3.63) is 95.0 Å². The Morgan fingerprint density at radius 2 is 1.54 bits per heavy atom. The van der Waals surface area contributed by atoms with Crippen molar-refractivity contribution in [3.8, 4) is 0 Å². The molecule has 1 N–H and O–H groups in total. The van der Waals surface area contributed by atoms with Crippen LogP contribution in [0.25, 0.3) is 0 Å². The van der Waals surface area contributed by atoms with Gasteiger partial charge in [0.25, 0.3) is 0 Å². The molecule has 2 nitrogen and oxygen atoms in total. The molecular weight excluding hydrogens is 385 g/mol. The molecule has 0 heterocycles. The second-order valence-electron chi connectivity index (χ2n) is 5.21. The number of amides is 1. The molecule has 3 aromatic carbocycles. The quantitative estimate of drug-likeness (QED) is 0.641. The van der Waals surface area contributed by atoms with Crippen LogP contribution in [-0.4, -0.2) is 20.9 Å². The van der Waals surface area contributed by atoms with Gasteiger partial charge in [-0.1, -0.05) is 0 Å². The van der Waals surface area contributed by atoms with Crippen LogP contribution >= 0.6 is 11.6 Å². The first kappa shape index (κ1) is 16.8. The number of nitrogens with one attached hydrogen (secondary N) is 1. The van der Waals surface area contributed by atoms with Crippen LogP contribution in [0.15, 0.2) is 78.9 Å². The van der Waals surface area contributed by atoms with Gasteiger partial charge in [0.05, 0.1) is 0 Å². The molecule has 0 radical (unpaired) electrons. The maximum absolute atomic E-state index is 12.6. The van der Waals surface area contributed by atoms with Crippen LogP contribution in [0.1, 0.15) is 15.9 Å². The van der Waals surface area contributed by atoms with Gasteiger partial charge in [-0.2, -0.15) is 0 Å². The Balaban J connectivity index is 1.80. The molecule has 0 saturated heterocycles. The second-order valence-corrected chi connectivity index (χ2v) is 7.69. The number of halogens is 1. The van der Waals surface area contributed by atoms with Crippen LogP contribution < -0.4 is 9.78 Å². The summed E-state index contributed by atoms with van der Waals surface area (Å²) in [7, 11) is 0. The van der Waals surface area contributed by atoms with Crippen molar-refractivity contribution >= 4 is 42.6 Å². The molecule has 0 atom stereocenters. The van der Waals surface area contributed by atoms with E-state index >= 15 is 0 Å². The fourth-order valence-electron chi connectivity index (χ4n) is 2.28. The third kappa shape index (κ3) is 4.27. The standard InChI is InChI=1S/C20H16ClNOSe/c21-18-13-7-12-17(20(23)22-16-10-5-2-6-11-16)19(18)24-14-15-8-3-1-4-9-15/h1-13H,14H2,(H,22,23). The van der Waals surface area contributed by atoms with Crippen LogP contribution in [0.4, 0.5) is 5.69 Å². The van der Waals surface area contributed by atoms with Crippen LogP contribution in [0.2, 0.25) is 5.02 Å². The molecule has 3 rings (SSSR count). The number of hydrogen-bond acceptors (Lipinski definition) is 1. The number of para-hydroxylation sites is 1. The molecule has 0 fully saturated rings. The minimum absolute atomic E-state index is 0.0864. The van der Waals surface area contributed by atoms with E-state index in [-0.39, 0.29) is 20.9 Å². The van der Waals surface area contributed by atoms with E-state index < -0.39 is 0 Å². The van der Waals surface area contributed by atoms with E-state index in [4.69, 9.17) is 11.6 Å². The van der Waals surface area contributed by atoms with E-state index in [1.54, 1.807) is 0 Å². The minimum atomic E-state index is -0.117. The monoisotopic (exact) mass is 401 g/mol. The van der Waals surface area contributed by atoms with Gasteiger partial charge >= 0.3 is 153 Å². The normalized spacial score (nSPS) is 10.4. The van der Waals surface area contributed by atoms with Gasteiger partial charge in [0.1, 0.15) is 0 Å². The van der Waals surface area contributed by atoms with Gasteiger partial charge < -0.3 is 0 Å². The summed E-state index contributed by atoms with van der Waals surface area (Å²) in [4.78, 5) is 12.6. The average Bonchev–Trinajstić information content (AvgIpc) is 2.62. The van der Waals surface area contributed by atoms with E-state index in [0.29, 0.717) is 10.6 Å². The van der Waals surface area contributed by atoms with Gasteiger partial charge in [0.2, 0.25) is 0 Å². The number of anilines is 1. The van der Waals surface area contributed by atoms with Crippen molar-refractivity contribution < 1.29 is 4.79 Å². The molecule has 0 aliphatic carbocycles. The summed E-state index contributed by atoms with van der Waals surface area (Å²) in [6.45, 7) is 0. The van der Waals surface area contributed by atoms with Crippen LogP contribution in [0.3, 0.4) is 0 Å². The fourth-order valence-corrected chi connectivity index (χ4v) is 4.89. The summed E-state index contributed by atoms with van der Waals surface area (Å²) in [5, 5.41) is 4.50. The van der Waals surface area contributed by atoms with E-state index in [9.17, 15) is 4.79 Å². The number of benzene rings is 3. The molecule has 0 spiro atoms. The molecule has 120 valence electrons. The number of carbonyl (C=O) groups excluding carboxylic acids is 1. The van der Waals surface area contributed by atoms with Crippen molar-refractivity contribution in [2.45, 2.75) is 5.32 Å². The molecule has 0 saturated carbocycles. The van der Waals surface area contributed by atoms with Gasteiger partial charge in [-0.25, -0.2) is 0 Å². The van der Waals surface area contributed by atoms with E-state index in [1.807, 2.05) is 66.7 Å². The second kappa shape index (κ2) is 8.16. The predicted molar refractivity (Wildman–Crippen MR) is 101 cm³/mol. The van der Waals surface area contributed by atoms with Gasteiger partial charge in [-0.3, -0.25) is 0 Å². The third-order valence-corrected chi connectivity index (χ3v) is 6.57. The topological polar surface area (TPSA) is 29.1 Å². The molecular formula is C20H16ClNOSe. The average molecular weight is 401 g/mol. The number of carbonyl (C=O) groups is 1. The molecule has 0 aliphatic heterocycles. The van der Waals surface area contributed by atoms with Crippen molar-refractivity contribution in [3.63, 3.8) is 0 Å². The summed E-state index contributed by atoms with van der Waals surface area (Å²) in [5.41, 5.74) is 2.69. The van der Waals surface area contributed by atoms with Crippen molar-refractivity contribution in [2.75, 3.05) is 5.32 Å². The Labute approximate surface area is 153 Å². The van der Waals surface area contributed by atoms with Crippen LogP contribution in [0.5, 0.6) is 0 Å². The maximum atomic E-state index is 12.6. The van der Waals surface area contributed by atoms with Gasteiger partial charge in [0, 0.05) is 0 Å². The van der Waals surface area contributed by atoms with Gasteiger partial charge in [-0.15, -0.1) is 0 Å². The van der Waals surface area contributed by atoms with Crippen molar-refractivity contribution in [2.24, 2.45) is 0 Å². The predicted octanol–water partition coefficient (Wildman–Crippen LogP) is 4.12. The molecule has 3 aromatic rings. The molecule has 0 unspecified atom stereocenters. The number of hydrogen-bond donors (Lipinski definition) is 1. The Kier molecular flexibility index (Phi) is 5.71. The van der Waals surface area contributed by atoms with Crippen molar-refractivity contribution in [1.82, 2.24) is 0 Å². The molecule has 1 amide bonds. The Morgan fingerprint density at radius 3 is 2.25 bits per heavy atom. The Hall–Kier alpha value is -2.06. The van der Waals surface area contributed by atoms with Crippen molar-refractivity contribution in [1.29, 1.82) is 0 Å². The summed E-state index contributed by atoms with van der Waals surface area (Å²) in [6.07, 6.45) is 0. The summed E-state index contributed by atoms with van der Waals surface area (Å²) >= 11 is 6.46. The van der Waals surface area contributed by atoms with E-state index in [2.05, 4.69) is 17.4 Å². The first-order valence-corrected chi connectivity index (χ1v) is 10.0. The van der Waals surface area contributed by atoms with E-state index in [1.165, 1.54) is 5.56 Å². The summed E-state index contributed by atoms with van der Waals surface area (Å²) < 4.78 is 0.948. The SMILES string of the molecule is O=C(Nc1ccccc1)c1cccc(Cl)c1[Se]Cc1ccccc1. The summed E-state index contributed by atoms with van der Waals surface area (Å²) in [5.74, 6) is -0.117. The van der Waals surface area contributed by atoms with Crippen LogP contribution in [0, 0.1) is 0 Å².